The monoisotopic (exact) mass is 253 g/mol. The molecule has 5 heteroatoms. The molecule has 1 aromatic carbocycles. The topological polar surface area (TPSA) is 61.8 Å². The maximum absolute atomic E-state index is 8.64. The van der Waals surface area contributed by atoms with E-state index in [9.17, 15) is 0 Å². The number of oxime groups is 1. The fourth-order valence-electron chi connectivity index (χ4n) is 1.44. The summed E-state index contributed by atoms with van der Waals surface area (Å²) in [6.45, 7) is 3.14. The smallest absolute Gasteiger partial charge is 0.170 e. The first-order valence-electron chi connectivity index (χ1n) is 5.56. The largest absolute Gasteiger partial charge is 0.409 e. The second kappa shape index (κ2) is 7.06. The van der Waals surface area contributed by atoms with Crippen LogP contribution in [0.15, 0.2) is 29.4 Å². The number of nitrogens with two attached hydrogens (primary N) is 1. The Kier molecular flexibility index (Phi) is 5.69. The molecular formula is C12H19N3OS. The lowest BCUT2D eigenvalue weighted by molar-refractivity contribution is 0.318. The summed E-state index contributed by atoms with van der Waals surface area (Å²) in [5.74, 6) is 2.38. The van der Waals surface area contributed by atoms with Crippen molar-refractivity contribution >= 4 is 23.3 Å². The van der Waals surface area contributed by atoms with Gasteiger partial charge in [0.1, 0.15) is 0 Å². The Balaban J connectivity index is 2.70. The number of hydrogen-bond donors (Lipinski definition) is 2. The molecule has 0 atom stereocenters. The zero-order valence-corrected chi connectivity index (χ0v) is 11.1. The van der Waals surface area contributed by atoms with Crippen LogP contribution < -0.4 is 10.6 Å². The molecule has 0 radical (unpaired) electrons. The van der Waals surface area contributed by atoms with E-state index in [0.29, 0.717) is 0 Å². The Bertz CT molecular complexity index is 382. The summed E-state index contributed by atoms with van der Waals surface area (Å²) in [7, 11) is 2.04. The van der Waals surface area contributed by atoms with Gasteiger partial charge < -0.3 is 15.8 Å². The minimum atomic E-state index is 0.142. The van der Waals surface area contributed by atoms with Crippen molar-refractivity contribution in [1.82, 2.24) is 0 Å². The predicted molar refractivity (Wildman–Crippen MR) is 75.2 cm³/mol. The van der Waals surface area contributed by atoms with Crippen LogP contribution in [0, 0.1) is 0 Å². The highest BCUT2D eigenvalue weighted by atomic mass is 32.2. The zero-order chi connectivity index (χ0) is 12.7. The van der Waals surface area contributed by atoms with Crippen molar-refractivity contribution in [2.45, 2.75) is 6.92 Å². The van der Waals surface area contributed by atoms with E-state index in [4.69, 9.17) is 10.9 Å². The maximum atomic E-state index is 8.64. The van der Waals surface area contributed by atoms with Gasteiger partial charge in [-0.25, -0.2) is 0 Å². The highest BCUT2D eigenvalue weighted by molar-refractivity contribution is 7.99. The van der Waals surface area contributed by atoms with Gasteiger partial charge in [-0.2, -0.15) is 11.8 Å². The first-order valence-corrected chi connectivity index (χ1v) is 6.71. The number of nitrogens with zero attached hydrogens (tertiary/aromatic N) is 2. The fourth-order valence-corrected chi connectivity index (χ4v) is 2.13. The highest BCUT2D eigenvalue weighted by Crippen LogP contribution is 2.15. The van der Waals surface area contributed by atoms with Crippen molar-refractivity contribution in [3.8, 4) is 0 Å². The molecule has 94 valence electrons. The number of benzene rings is 1. The molecular weight excluding hydrogens is 234 g/mol. The fraction of sp³-hybridized carbons (Fsp3) is 0.417. The van der Waals surface area contributed by atoms with Crippen molar-refractivity contribution in [3.63, 3.8) is 0 Å². The van der Waals surface area contributed by atoms with Gasteiger partial charge in [0.05, 0.1) is 0 Å². The SMILES string of the molecule is CCSCCN(C)c1cccc(/C(N)=N/O)c1. The third kappa shape index (κ3) is 4.19. The van der Waals surface area contributed by atoms with Crippen LogP contribution in [0.4, 0.5) is 5.69 Å². The van der Waals surface area contributed by atoms with Gasteiger partial charge in [-0.15, -0.1) is 0 Å². The molecule has 0 bridgehead atoms. The standard InChI is InChI=1S/C12H19N3OS/c1-3-17-8-7-15(2)11-6-4-5-10(9-11)12(13)14-16/h4-6,9,16H,3,7-8H2,1-2H3,(H2,13,14). The summed E-state index contributed by atoms with van der Waals surface area (Å²) in [6.07, 6.45) is 0. The number of anilines is 1. The lowest BCUT2D eigenvalue weighted by Gasteiger charge is -2.19. The number of amidine groups is 1. The minimum absolute atomic E-state index is 0.142. The molecule has 0 saturated heterocycles. The summed E-state index contributed by atoms with van der Waals surface area (Å²) >= 11 is 1.92. The van der Waals surface area contributed by atoms with E-state index >= 15 is 0 Å². The Hall–Kier alpha value is -1.36. The predicted octanol–water partition coefficient (Wildman–Crippen LogP) is 1.97. The van der Waals surface area contributed by atoms with Gasteiger partial charge in [0.25, 0.3) is 0 Å². The molecule has 0 heterocycles. The van der Waals surface area contributed by atoms with Gasteiger partial charge in [-0.05, 0) is 17.9 Å². The molecule has 0 unspecified atom stereocenters. The van der Waals surface area contributed by atoms with Gasteiger partial charge in [0, 0.05) is 30.6 Å². The van der Waals surface area contributed by atoms with E-state index in [1.807, 2.05) is 43.1 Å². The molecule has 3 N–H and O–H groups in total. The first-order chi connectivity index (χ1) is 8.19. The van der Waals surface area contributed by atoms with Crippen molar-refractivity contribution in [2.24, 2.45) is 10.9 Å². The van der Waals surface area contributed by atoms with Gasteiger partial charge in [-0.1, -0.05) is 24.2 Å². The first kappa shape index (κ1) is 13.7. The van der Waals surface area contributed by atoms with Crippen LogP contribution in [-0.4, -0.2) is 36.1 Å². The molecule has 0 amide bonds. The molecule has 1 rings (SSSR count). The average molecular weight is 253 g/mol. The molecule has 4 nitrogen and oxygen atoms in total. The molecule has 0 aromatic heterocycles. The maximum Gasteiger partial charge on any atom is 0.170 e. The van der Waals surface area contributed by atoms with Crippen LogP contribution in [-0.2, 0) is 0 Å². The van der Waals surface area contributed by atoms with Gasteiger partial charge >= 0.3 is 0 Å². The third-order valence-corrected chi connectivity index (χ3v) is 3.35. The van der Waals surface area contributed by atoms with Gasteiger partial charge in [-0.3, -0.25) is 0 Å². The molecule has 0 spiro atoms. The lowest BCUT2D eigenvalue weighted by atomic mass is 10.2. The quantitative estimate of drug-likeness (QED) is 0.267. The highest BCUT2D eigenvalue weighted by Gasteiger charge is 2.04. The van der Waals surface area contributed by atoms with Crippen LogP contribution in [0.2, 0.25) is 0 Å². The average Bonchev–Trinajstić information content (AvgIpc) is 2.38. The van der Waals surface area contributed by atoms with Crippen molar-refractivity contribution in [3.05, 3.63) is 29.8 Å². The number of thioether (sulfide) groups is 1. The normalized spacial score (nSPS) is 11.5. The van der Waals surface area contributed by atoms with Gasteiger partial charge in [0.2, 0.25) is 0 Å². The van der Waals surface area contributed by atoms with Crippen molar-refractivity contribution in [1.29, 1.82) is 0 Å². The van der Waals surface area contributed by atoms with Crippen LogP contribution in [0.5, 0.6) is 0 Å². The molecule has 0 aliphatic rings. The van der Waals surface area contributed by atoms with Crippen molar-refractivity contribution < 1.29 is 5.21 Å². The molecule has 1 aromatic rings. The van der Waals surface area contributed by atoms with E-state index in [2.05, 4.69) is 17.0 Å². The summed E-state index contributed by atoms with van der Waals surface area (Å²) in [5.41, 5.74) is 7.37. The summed E-state index contributed by atoms with van der Waals surface area (Å²) < 4.78 is 0. The zero-order valence-electron chi connectivity index (χ0n) is 10.3. The van der Waals surface area contributed by atoms with Crippen LogP contribution in [0.3, 0.4) is 0 Å². The van der Waals surface area contributed by atoms with Crippen LogP contribution in [0.1, 0.15) is 12.5 Å². The summed E-state index contributed by atoms with van der Waals surface area (Å²) in [4.78, 5) is 2.16. The second-order valence-corrected chi connectivity index (χ2v) is 5.05. The summed E-state index contributed by atoms with van der Waals surface area (Å²) in [5, 5.41) is 11.6. The molecule has 0 saturated carbocycles. The second-order valence-electron chi connectivity index (χ2n) is 3.65. The molecule has 17 heavy (non-hydrogen) atoms. The molecule has 0 aliphatic heterocycles. The van der Waals surface area contributed by atoms with Crippen LogP contribution in [0.25, 0.3) is 0 Å². The van der Waals surface area contributed by atoms with E-state index in [-0.39, 0.29) is 5.84 Å². The van der Waals surface area contributed by atoms with Gasteiger partial charge in [0.15, 0.2) is 5.84 Å². The number of rotatable bonds is 6. The van der Waals surface area contributed by atoms with Crippen LogP contribution >= 0.6 is 11.8 Å². The Morgan fingerprint density at radius 1 is 1.53 bits per heavy atom. The Morgan fingerprint density at radius 3 is 2.94 bits per heavy atom. The van der Waals surface area contributed by atoms with E-state index in [1.165, 1.54) is 0 Å². The Labute approximate surface area is 106 Å². The van der Waals surface area contributed by atoms with Crippen molar-refractivity contribution in [2.75, 3.05) is 30.0 Å². The van der Waals surface area contributed by atoms with E-state index < -0.39 is 0 Å². The van der Waals surface area contributed by atoms with E-state index in [0.717, 1.165) is 29.3 Å². The summed E-state index contributed by atoms with van der Waals surface area (Å²) in [6, 6.07) is 7.68. The number of hydrogen-bond acceptors (Lipinski definition) is 4. The Morgan fingerprint density at radius 2 is 2.29 bits per heavy atom. The lowest BCUT2D eigenvalue weighted by Crippen LogP contribution is -2.21. The minimum Gasteiger partial charge on any atom is -0.409 e. The third-order valence-electron chi connectivity index (χ3n) is 2.47. The molecule has 0 aliphatic carbocycles. The molecule has 0 fully saturated rings. The van der Waals surface area contributed by atoms with E-state index in [1.54, 1.807) is 0 Å².